The van der Waals surface area contributed by atoms with Gasteiger partial charge in [0.1, 0.15) is 5.73 Å². The Kier molecular flexibility index (Phi) is 7.39. The van der Waals surface area contributed by atoms with Gasteiger partial charge >= 0.3 is 5.97 Å². The maximum atomic E-state index is 11.6. The second-order valence-corrected chi connectivity index (χ2v) is 8.87. The summed E-state index contributed by atoms with van der Waals surface area (Å²) in [5, 5.41) is 0. The van der Waals surface area contributed by atoms with E-state index in [1.165, 1.54) is 0 Å². The quantitative estimate of drug-likeness (QED) is 0.380. The average Bonchev–Trinajstić information content (AvgIpc) is 2.28. The highest BCUT2D eigenvalue weighted by Crippen LogP contribution is 2.25. The molecule has 0 saturated heterocycles. The Morgan fingerprint density at radius 1 is 1.35 bits per heavy atom. The fourth-order valence-electron chi connectivity index (χ4n) is 2.04. The zero-order chi connectivity index (χ0) is 13.5. The fraction of sp³-hybridized carbons (Fsp3) is 0.769. The van der Waals surface area contributed by atoms with Crippen molar-refractivity contribution in [2.24, 2.45) is 0 Å². The smallest absolute Gasteiger partial charge is 0.333 e. The summed E-state index contributed by atoms with van der Waals surface area (Å²) in [6.07, 6.45) is 1.06. The van der Waals surface area contributed by atoms with Crippen molar-refractivity contribution in [2.75, 3.05) is 6.61 Å². The van der Waals surface area contributed by atoms with Crippen LogP contribution in [-0.2, 0) is 14.0 Å². The second kappa shape index (κ2) is 7.66. The van der Waals surface area contributed by atoms with E-state index in [9.17, 15) is 4.79 Å². The van der Waals surface area contributed by atoms with Gasteiger partial charge in [0.15, 0.2) is 0 Å². The molecule has 100 valence electrons. The van der Waals surface area contributed by atoms with Crippen molar-refractivity contribution in [3.8, 4) is 0 Å². The maximum absolute atomic E-state index is 11.6. The molecule has 0 fully saturated rings. The third-order valence-corrected chi connectivity index (χ3v) is 8.08. The summed E-state index contributed by atoms with van der Waals surface area (Å²) in [5.74, 6) is -0.307. The number of carbonyl (C=O) groups is 1. The molecule has 0 spiro atoms. The van der Waals surface area contributed by atoms with E-state index in [0.717, 1.165) is 18.5 Å². The van der Waals surface area contributed by atoms with Crippen LogP contribution in [0.4, 0.5) is 0 Å². The second-order valence-electron chi connectivity index (χ2n) is 4.43. The summed E-state index contributed by atoms with van der Waals surface area (Å²) in [7, 11) is -1.97. The predicted molar refractivity (Wildman–Crippen MR) is 73.3 cm³/mol. The number of esters is 1. The van der Waals surface area contributed by atoms with Crippen LogP contribution in [-0.4, -0.2) is 26.6 Å². The molecule has 0 amide bonds. The summed E-state index contributed by atoms with van der Waals surface area (Å²) in [4.78, 5) is 11.6. The Morgan fingerprint density at radius 3 is 2.29 bits per heavy atom. The first-order chi connectivity index (χ1) is 7.93. The molecule has 0 aliphatic carbocycles. The zero-order valence-corrected chi connectivity index (χ0v) is 12.8. The third-order valence-electron chi connectivity index (χ3n) is 3.08. The van der Waals surface area contributed by atoms with Crippen LogP contribution in [0.5, 0.6) is 0 Å². The van der Waals surface area contributed by atoms with Crippen molar-refractivity contribution in [3.63, 3.8) is 0 Å². The fourth-order valence-corrected chi connectivity index (χ4v) is 5.70. The summed E-state index contributed by atoms with van der Waals surface area (Å²) >= 11 is 0. The van der Waals surface area contributed by atoms with Crippen molar-refractivity contribution in [2.45, 2.75) is 58.9 Å². The highest BCUT2D eigenvalue weighted by atomic mass is 28.4. The van der Waals surface area contributed by atoms with Gasteiger partial charge in [-0.2, -0.15) is 0 Å². The number of hydrogen-bond donors (Lipinski definition) is 0. The van der Waals surface area contributed by atoms with E-state index >= 15 is 0 Å². The van der Waals surface area contributed by atoms with E-state index in [1.54, 1.807) is 6.92 Å². The number of ether oxygens (including phenoxy) is 1. The van der Waals surface area contributed by atoms with Crippen molar-refractivity contribution in [1.29, 1.82) is 0 Å². The molecule has 0 aromatic heterocycles. The summed E-state index contributed by atoms with van der Waals surface area (Å²) < 4.78 is 11.5. The SMILES string of the molecule is C=C(C)C(=O)OC(C)[Si](CC)(CCC)OCC. The molecule has 0 aromatic rings. The minimum Gasteiger partial charge on any atom is -0.460 e. The van der Waals surface area contributed by atoms with Crippen LogP contribution < -0.4 is 0 Å². The Hall–Kier alpha value is -0.613. The maximum Gasteiger partial charge on any atom is 0.333 e. The van der Waals surface area contributed by atoms with E-state index in [2.05, 4.69) is 20.4 Å². The van der Waals surface area contributed by atoms with E-state index in [1.807, 2.05) is 13.8 Å². The van der Waals surface area contributed by atoms with Gasteiger partial charge in [-0.25, -0.2) is 4.79 Å². The molecule has 17 heavy (non-hydrogen) atoms. The largest absolute Gasteiger partial charge is 0.460 e. The molecule has 0 heterocycles. The van der Waals surface area contributed by atoms with Gasteiger partial charge in [0, 0.05) is 12.2 Å². The van der Waals surface area contributed by atoms with E-state index in [0.29, 0.717) is 12.2 Å². The van der Waals surface area contributed by atoms with Crippen LogP contribution in [0.25, 0.3) is 0 Å². The monoisotopic (exact) mass is 258 g/mol. The molecule has 0 radical (unpaired) electrons. The third kappa shape index (κ3) is 4.64. The summed E-state index contributed by atoms with van der Waals surface area (Å²) in [6.45, 7) is 14.2. The van der Waals surface area contributed by atoms with E-state index in [4.69, 9.17) is 9.16 Å². The van der Waals surface area contributed by atoms with Crippen molar-refractivity contribution < 1.29 is 14.0 Å². The van der Waals surface area contributed by atoms with Gasteiger partial charge < -0.3 is 9.16 Å². The lowest BCUT2D eigenvalue weighted by Gasteiger charge is -2.34. The first-order valence-corrected chi connectivity index (χ1v) is 8.83. The molecule has 2 unspecified atom stereocenters. The zero-order valence-electron chi connectivity index (χ0n) is 11.8. The Bertz CT molecular complexity index is 257. The molecule has 0 aliphatic rings. The predicted octanol–water partition coefficient (Wildman–Crippen LogP) is 3.45. The summed E-state index contributed by atoms with van der Waals surface area (Å²) in [6, 6.07) is 2.00. The molecule has 3 nitrogen and oxygen atoms in total. The highest BCUT2D eigenvalue weighted by Gasteiger charge is 2.40. The number of hydrogen-bond acceptors (Lipinski definition) is 3. The Morgan fingerprint density at radius 2 is 1.94 bits per heavy atom. The first kappa shape index (κ1) is 16.4. The molecule has 0 aliphatic heterocycles. The van der Waals surface area contributed by atoms with Gasteiger partial charge in [0.05, 0.1) is 0 Å². The lowest BCUT2D eigenvalue weighted by molar-refractivity contribution is -0.141. The van der Waals surface area contributed by atoms with Crippen LogP contribution in [0.1, 0.15) is 41.0 Å². The van der Waals surface area contributed by atoms with Crippen molar-refractivity contribution in [3.05, 3.63) is 12.2 Å². The van der Waals surface area contributed by atoms with Crippen LogP contribution in [0.15, 0.2) is 12.2 Å². The first-order valence-electron chi connectivity index (χ1n) is 6.43. The van der Waals surface area contributed by atoms with Crippen LogP contribution in [0.2, 0.25) is 12.1 Å². The Labute approximate surface area is 106 Å². The van der Waals surface area contributed by atoms with Crippen LogP contribution in [0, 0.1) is 0 Å². The van der Waals surface area contributed by atoms with Gasteiger partial charge in [-0.05, 0) is 32.9 Å². The molecule has 0 saturated carbocycles. The molecule has 0 bridgehead atoms. The van der Waals surface area contributed by atoms with Crippen molar-refractivity contribution in [1.82, 2.24) is 0 Å². The lowest BCUT2D eigenvalue weighted by atomic mass is 10.4. The molecular weight excluding hydrogens is 232 g/mol. The van der Waals surface area contributed by atoms with Gasteiger partial charge in [-0.1, -0.05) is 26.8 Å². The molecule has 4 heteroatoms. The summed E-state index contributed by atoms with van der Waals surface area (Å²) in [5.41, 5.74) is 0.334. The van der Waals surface area contributed by atoms with Crippen molar-refractivity contribution >= 4 is 14.3 Å². The van der Waals surface area contributed by atoms with Gasteiger partial charge in [-0.15, -0.1) is 0 Å². The van der Waals surface area contributed by atoms with E-state index < -0.39 is 8.32 Å². The van der Waals surface area contributed by atoms with Gasteiger partial charge in [0.2, 0.25) is 8.32 Å². The molecule has 0 rings (SSSR count). The van der Waals surface area contributed by atoms with Crippen LogP contribution in [0.3, 0.4) is 0 Å². The minimum atomic E-state index is -1.97. The molecule has 0 N–H and O–H groups in total. The molecular formula is C13H26O3Si. The number of rotatable bonds is 8. The van der Waals surface area contributed by atoms with E-state index in [-0.39, 0.29) is 11.7 Å². The van der Waals surface area contributed by atoms with Gasteiger partial charge in [-0.3, -0.25) is 0 Å². The topological polar surface area (TPSA) is 35.5 Å². The average molecular weight is 258 g/mol. The Balaban J connectivity index is 4.77. The standard InChI is InChI=1S/C13H26O3Si/c1-7-10-17(9-3,15-8-2)12(6)16-13(14)11(4)5/h12H,4,7-10H2,1-3,5-6H3. The molecule has 2 atom stereocenters. The number of carbonyl (C=O) groups excluding carboxylic acids is 1. The minimum absolute atomic E-state index is 0.114. The molecule has 0 aromatic carbocycles. The normalized spacial score (nSPS) is 16.1. The van der Waals surface area contributed by atoms with Gasteiger partial charge in [0.25, 0.3) is 0 Å². The lowest BCUT2D eigenvalue weighted by Crippen LogP contribution is -2.50. The highest BCUT2D eigenvalue weighted by molar-refractivity contribution is 6.75. The van der Waals surface area contributed by atoms with Crippen LogP contribution >= 0.6 is 0 Å².